The fraction of sp³-hybridized carbons (Fsp3) is 0.565. The zero-order chi connectivity index (χ0) is 25.4. The highest BCUT2D eigenvalue weighted by Crippen LogP contribution is 2.33. The summed E-state index contributed by atoms with van der Waals surface area (Å²) in [5, 5.41) is 0. The van der Waals surface area contributed by atoms with Crippen LogP contribution in [0.5, 0.6) is 0 Å². The highest BCUT2D eigenvalue weighted by atomic mass is 19.4. The number of piperazine rings is 1. The highest BCUT2D eigenvalue weighted by molar-refractivity contribution is 5.77. The maximum Gasteiger partial charge on any atom is 0.410 e. The van der Waals surface area contributed by atoms with Crippen molar-refractivity contribution < 1.29 is 28.5 Å². The van der Waals surface area contributed by atoms with Crippen LogP contribution < -0.4 is 15.4 Å². The molecule has 3 atom stereocenters. The second kappa shape index (κ2) is 9.81. The summed E-state index contributed by atoms with van der Waals surface area (Å²) in [5.74, 6) is -2.47. The van der Waals surface area contributed by atoms with Crippen molar-refractivity contribution in [2.24, 2.45) is 5.89 Å². The number of aromatic nitrogens is 1. The minimum Gasteiger partial charge on any atom is -0.377 e. The van der Waals surface area contributed by atoms with Gasteiger partial charge in [0.15, 0.2) is 0 Å². The van der Waals surface area contributed by atoms with Gasteiger partial charge in [-0.2, -0.15) is 13.2 Å². The normalized spacial score (nSPS) is 28.6. The number of rotatable bonds is 4. The molecule has 1 N–H and O–H groups in total. The number of ether oxygens (including phenoxy) is 1. The number of nitrogens with zero attached hydrogens (tertiary/aromatic N) is 3. The van der Waals surface area contributed by atoms with Crippen LogP contribution >= 0.6 is 0 Å². The van der Waals surface area contributed by atoms with Crippen LogP contribution in [-0.2, 0) is 9.53 Å². The van der Waals surface area contributed by atoms with E-state index in [0.717, 1.165) is 15.9 Å². The van der Waals surface area contributed by atoms with Crippen LogP contribution in [0.2, 0.25) is 0 Å². The third kappa shape index (κ3) is 5.45. The van der Waals surface area contributed by atoms with Crippen LogP contribution in [0.3, 0.4) is 0 Å². The first-order valence-corrected chi connectivity index (χ1v) is 11.2. The molecule has 2 saturated heterocycles. The zero-order valence-electron chi connectivity index (χ0n) is 19.8. The Hall–Kier alpha value is -2.82. The van der Waals surface area contributed by atoms with E-state index in [-0.39, 0.29) is 37.8 Å². The van der Waals surface area contributed by atoms with Crippen molar-refractivity contribution in [3.63, 3.8) is 0 Å². The second-order valence-corrected chi connectivity index (χ2v) is 8.76. The van der Waals surface area contributed by atoms with Gasteiger partial charge in [0.2, 0.25) is 5.91 Å². The van der Waals surface area contributed by atoms with Crippen LogP contribution in [0.15, 0.2) is 41.0 Å². The van der Waals surface area contributed by atoms with E-state index in [1.54, 1.807) is 0 Å². The molecule has 11 heteroatoms. The van der Waals surface area contributed by atoms with E-state index in [0.29, 0.717) is 25.4 Å². The summed E-state index contributed by atoms with van der Waals surface area (Å²) < 4.78 is 69.3. The van der Waals surface area contributed by atoms with Gasteiger partial charge in [-0.25, -0.2) is 4.39 Å². The summed E-state index contributed by atoms with van der Waals surface area (Å²) in [6.07, 6.45) is -1.50. The predicted octanol–water partition coefficient (Wildman–Crippen LogP) is 3.00. The van der Waals surface area contributed by atoms with Gasteiger partial charge in [-0.1, -0.05) is 6.08 Å². The Balaban J connectivity index is 1.54. The topological polar surface area (TPSA) is 68.9 Å². The van der Waals surface area contributed by atoms with E-state index >= 15 is 0 Å². The minimum absolute atomic E-state index is 0.00434. The van der Waals surface area contributed by atoms with Crippen LogP contribution in [0.4, 0.5) is 29.1 Å². The molecule has 0 aromatic carbocycles. The number of carbonyl (C=O) groups is 1. The van der Waals surface area contributed by atoms with Gasteiger partial charge < -0.3 is 24.4 Å². The summed E-state index contributed by atoms with van der Waals surface area (Å²) in [5.41, 5.74) is -0.00403. The largest absolute Gasteiger partial charge is 0.410 e. The Morgan fingerprint density at radius 3 is 2.74 bits per heavy atom. The number of aromatic amines is 1. The van der Waals surface area contributed by atoms with E-state index in [2.05, 4.69) is 4.98 Å². The Morgan fingerprint density at radius 1 is 1.26 bits per heavy atom. The van der Waals surface area contributed by atoms with Crippen molar-refractivity contribution in [2.45, 2.75) is 38.0 Å². The van der Waals surface area contributed by atoms with Gasteiger partial charge in [0, 0.05) is 57.8 Å². The first-order chi connectivity index (χ1) is 16.4. The van der Waals surface area contributed by atoms with Crippen molar-refractivity contribution in [3.8, 4) is 0 Å². The molecule has 1 amide bonds. The van der Waals surface area contributed by atoms with Gasteiger partial charge in [-0.3, -0.25) is 9.59 Å². The molecule has 186 valence electrons. The number of H-pyrrole nitrogens is 1. The number of halogens is 4. The number of alkyl halides is 3. The van der Waals surface area contributed by atoms with Crippen LogP contribution in [0.25, 0.3) is 0 Å². The van der Waals surface area contributed by atoms with Crippen molar-refractivity contribution >= 4 is 17.4 Å². The van der Waals surface area contributed by atoms with Crippen molar-refractivity contribution in [3.05, 3.63) is 46.5 Å². The zero-order valence-corrected chi connectivity index (χ0v) is 18.8. The number of hydrogen-bond acceptors (Lipinski definition) is 5. The number of nitrogens with one attached hydrogen (secondary N) is 1. The van der Waals surface area contributed by atoms with Crippen LogP contribution in [0, 0.1) is 5.89 Å². The molecule has 1 aromatic heterocycles. The minimum atomic E-state index is -4.67. The van der Waals surface area contributed by atoms with Crippen molar-refractivity contribution in [1.82, 2.24) is 9.88 Å². The SMILES string of the molecule is [2H]C1(CC(=O)N2CCN(c3cc(N4CCOC[C@H]4C)cc(=O)[nH]3)C(C(F)(F)F)C2)C=CC(F)=CC1. The molecule has 2 aliphatic heterocycles. The maximum atomic E-state index is 14.1. The predicted molar refractivity (Wildman–Crippen MR) is 120 cm³/mol. The smallest absolute Gasteiger partial charge is 0.377 e. The number of hydrogen-bond donors (Lipinski definition) is 1. The summed E-state index contributed by atoms with van der Waals surface area (Å²) in [6.45, 7) is 2.54. The molecular formula is C23H28F4N4O3. The first-order valence-electron chi connectivity index (χ1n) is 11.7. The van der Waals surface area contributed by atoms with Gasteiger partial charge in [-0.05, 0) is 31.4 Å². The molecule has 1 aliphatic carbocycles. The second-order valence-electron chi connectivity index (χ2n) is 8.76. The Morgan fingerprint density at radius 2 is 2.06 bits per heavy atom. The standard InChI is InChI=1S/C23H28F4N4O3/c1-15-14-34-9-8-30(15)18-11-20(28-21(32)12-18)31-7-6-29(13-19(31)23(25,26)27)22(33)10-16-2-4-17(24)5-3-16/h2,4-5,11-12,15-16,19H,3,6-10,13-14H2,1H3,(H,28,32)/t15-,16?,19?/m1/s1/i16D. The van der Waals surface area contributed by atoms with Crippen molar-refractivity contribution in [2.75, 3.05) is 49.2 Å². The lowest BCUT2D eigenvalue weighted by atomic mass is 9.96. The number of pyridine rings is 1. The molecule has 3 heterocycles. The fourth-order valence-corrected chi connectivity index (χ4v) is 4.52. The number of carbonyl (C=O) groups excluding carboxylic acids is 1. The lowest BCUT2D eigenvalue weighted by molar-refractivity contribution is -0.161. The summed E-state index contributed by atoms with van der Waals surface area (Å²) >= 11 is 0. The van der Waals surface area contributed by atoms with Gasteiger partial charge in [0.1, 0.15) is 17.7 Å². The molecule has 4 rings (SSSR count). The van der Waals surface area contributed by atoms with E-state index in [9.17, 15) is 27.2 Å². The quantitative estimate of drug-likeness (QED) is 0.665. The van der Waals surface area contributed by atoms with Gasteiger partial charge in [-0.15, -0.1) is 0 Å². The molecule has 2 fully saturated rings. The number of amides is 1. The third-order valence-corrected chi connectivity index (χ3v) is 6.35. The van der Waals surface area contributed by atoms with E-state index < -0.39 is 42.0 Å². The molecule has 0 bridgehead atoms. The number of allylic oxidation sites excluding steroid dienone is 4. The Bertz CT molecular complexity index is 1080. The molecule has 0 saturated carbocycles. The summed E-state index contributed by atoms with van der Waals surface area (Å²) in [4.78, 5) is 31.8. The molecule has 3 aliphatic rings. The third-order valence-electron chi connectivity index (χ3n) is 6.35. The molecule has 34 heavy (non-hydrogen) atoms. The van der Waals surface area contributed by atoms with Crippen LogP contribution in [0.1, 0.15) is 21.1 Å². The monoisotopic (exact) mass is 485 g/mol. The average Bonchev–Trinajstić information content (AvgIpc) is 2.80. The lowest BCUT2D eigenvalue weighted by Gasteiger charge is -2.43. The molecule has 7 nitrogen and oxygen atoms in total. The average molecular weight is 486 g/mol. The molecule has 2 unspecified atom stereocenters. The molecule has 0 spiro atoms. The molecular weight excluding hydrogens is 456 g/mol. The molecule has 1 aromatic rings. The summed E-state index contributed by atoms with van der Waals surface area (Å²) in [7, 11) is 0. The van der Waals surface area contributed by atoms with Crippen LogP contribution in [-0.4, -0.2) is 73.4 Å². The molecule has 0 radical (unpaired) electrons. The van der Waals surface area contributed by atoms with Crippen molar-refractivity contribution in [1.29, 1.82) is 0 Å². The van der Waals surface area contributed by atoms with Gasteiger partial charge in [0.05, 0.1) is 13.2 Å². The number of morpholine rings is 1. The van der Waals surface area contributed by atoms with E-state index in [1.807, 2.05) is 11.8 Å². The summed E-state index contributed by atoms with van der Waals surface area (Å²) in [6, 6.07) is 0.817. The number of anilines is 2. The maximum absolute atomic E-state index is 14.1. The Labute approximate surface area is 196 Å². The fourth-order valence-electron chi connectivity index (χ4n) is 4.52. The van der Waals surface area contributed by atoms with E-state index in [4.69, 9.17) is 6.11 Å². The highest BCUT2D eigenvalue weighted by Gasteiger charge is 2.48. The Kier molecular flexibility index (Phi) is 6.62. The first kappa shape index (κ1) is 22.9. The van der Waals surface area contributed by atoms with Gasteiger partial charge in [0.25, 0.3) is 5.56 Å². The lowest BCUT2D eigenvalue weighted by Crippen LogP contribution is -2.60. The van der Waals surface area contributed by atoms with E-state index in [1.165, 1.54) is 24.3 Å². The van der Waals surface area contributed by atoms with Gasteiger partial charge >= 0.3 is 6.18 Å².